The number of aromatic amines is 1. The molecule has 0 aliphatic heterocycles. The van der Waals surface area contributed by atoms with Gasteiger partial charge >= 0.3 is 0 Å². The second-order valence-electron chi connectivity index (χ2n) is 5.43. The van der Waals surface area contributed by atoms with Crippen molar-refractivity contribution in [3.05, 3.63) is 76.1 Å². The van der Waals surface area contributed by atoms with Crippen molar-refractivity contribution >= 4 is 33.5 Å². The lowest BCUT2D eigenvalue weighted by Crippen LogP contribution is -2.00. The maximum Gasteiger partial charge on any atom is 0.125 e. The van der Waals surface area contributed by atoms with Crippen molar-refractivity contribution in [3.63, 3.8) is 0 Å². The molecule has 0 aliphatic carbocycles. The van der Waals surface area contributed by atoms with Crippen molar-refractivity contribution in [1.82, 2.24) is 14.5 Å². The monoisotopic (exact) mass is 417 g/mol. The molecule has 3 nitrogen and oxygen atoms in total. The molecule has 0 radical (unpaired) electrons. The van der Waals surface area contributed by atoms with Crippen LogP contribution in [0.2, 0.25) is 0 Å². The molecular formula is C18H13FIN3. The van der Waals surface area contributed by atoms with E-state index in [4.69, 9.17) is 0 Å². The first-order valence-corrected chi connectivity index (χ1v) is 8.30. The van der Waals surface area contributed by atoms with Gasteiger partial charge in [0.2, 0.25) is 0 Å². The van der Waals surface area contributed by atoms with E-state index in [-0.39, 0.29) is 5.82 Å². The molecule has 4 rings (SSSR count). The summed E-state index contributed by atoms with van der Waals surface area (Å²) in [7, 11) is 0. The molecule has 1 N–H and O–H groups in total. The van der Waals surface area contributed by atoms with Crippen LogP contribution in [-0.2, 0) is 6.54 Å². The van der Waals surface area contributed by atoms with E-state index in [9.17, 15) is 4.39 Å². The summed E-state index contributed by atoms with van der Waals surface area (Å²) in [5.74, 6) is -0.238. The highest BCUT2D eigenvalue weighted by molar-refractivity contribution is 14.1. The van der Waals surface area contributed by atoms with E-state index in [0.29, 0.717) is 0 Å². The molecule has 2 aromatic heterocycles. The molecule has 0 spiro atoms. The zero-order valence-electron chi connectivity index (χ0n) is 12.1. The fraction of sp³-hybridized carbons (Fsp3) is 0.0556. The molecule has 0 fully saturated rings. The number of fused-ring (bicyclic) bond motifs is 1. The summed E-state index contributed by atoms with van der Waals surface area (Å²) in [5.41, 5.74) is 4.06. The lowest BCUT2D eigenvalue weighted by Gasteiger charge is -2.08. The Balaban J connectivity index is 1.75. The van der Waals surface area contributed by atoms with Gasteiger partial charge in [0.25, 0.3) is 0 Å². The Hall–Kier alpha value is -2.15. The Morgan fingerprint density at radius 2 is 1.96 bits per heavy atom. The number of benzene rings is 2. The fourth-order valence-electron chi connectivity index (χ4n) is 2.77. The van der Waals surface area contributed by atoms with E-state index in [1.165, 1.54) is 21.3 Å². The highest BCUT2D eigenvalue weighted by Gasteiger charge is 2.11. The van der Waals surface area contributed by atoms with Crippen molar-refractivity contribution in [2.75, 3.05) is 0 Å². The maximum atomic E-state index is 13.3. The second kappa shape index (κ2) is 5.81. The SMILES string of the molecule is Fc1ccc2c(-c3cncn3Cc3ccc(I)cc3)c[nH]c2c1. The van der Waals surface area contributed by atoms with E-state index in [1.807, 2.05) is 18.7 Å². The standard InChI is InChI=1S/C18H13FIN3/c19-13-3-6-15-16(8-22-17(15)7-13)18-9-21-11-23(18)10-12-1-4-14(20)5-2-12/h1-9,11,22H,10H2. The summed E-state index contributed by atoms with van der Waals surface area (Å²) in [6.45, 7) is 0.750. The van der Waals surface area contributed by atoms with Gasteiger partial charge in [-0.3, -0.25) is 0 Å². The van der Waals surface area contributed by atoms with Gasteiger partial charge in [0.15, 0.2) is 0 Å². The van der Waals surface area contributed by atoms with Crippen molar-refractivity contribution in [1.29, 1.82) is 0 Å². The van der Waals surface area contributed by atoms with Crippen LogP contribution in [0.15, 0.2) is 61.2 Å². The molecule has 0 saturated heterocycles. The van der Waals surface area contributed by atoms with E-state index < -0.39 is 0 Å². The maximum absolute atomic E-state index is 13.3. The van der Waals surface area contributed by atoms with Gasteiger partial charge in [0.05, 0.1) is 18.2 Å². The van der Waals surface area contributed by atoms with E-state index in [1.54, 1.807) is 6.07 Å². The number of nitrogens with zero attached hydrogens (tertiary/aromatic N) is 2. The summed E-state index contributed by atoms with van der Waals surface area (Å²) < 4.78 is 16.7. The quantitative estimate of drug-likeness (QED) is 0.477. The molecule has 2 aromatic carbocycles. The van der Waals surface area contributed by atoms with Crippen molar-refractivity contribution in [3.8, 4) is 11.3 Å². The van der Waals surface area contributed by atoms with E-state index in [2.05, 4.69) is 61.4 Å². The second-order valence-corrected chi connectivity index (χ2v) is 6.67. The number of H-pyrrole nitrogens is 1. The summed E-state index contributed by atoms with van der Waals surface area (Å²) in [5, 5.41) is 0.996. The molecule has 0 amide bonds. The lowest BCUT2D eigenvalue weighted by molar-refractivity contribution is 0.629. The Morgan fingerprint density at radius 3 is 2.78 bits per heavy atom. The third kappa shape index (κ3) is 2.76. The largest absolute Gasteiger partial charge is 0.360 e. The van der Waals surface area contributed by atoms with Gasteiger partial charge in [-0.25, -0.2) is 9.37 Å². The molecule has 4 aromatic rings. The Bertz CT molecular complexity index is 970. The number of hydrogen-bond acceptors (Lipinski definition) is 1. The predicted octanol–water partition coefficient (Wildman–Crippen LogP) is 4.82. The van der Waals surface area contributed by atoms with E-state index in [0.717, 1.165) is 28.7 Å². The zero-order chi connectivity index (χ0) is 15.8. The molecule has 0 bridgehead atoms. The minimum absolute atomic E-state index is 0.238. The van der Waals surface area contributed by atoms with Crippen molar-refractivity contribution in [2.45, 2.75) is 6.54 Å². The van der Waals surface area contributed by atoms with Gasteiger partial charge < -0.3 is 9.55 Å². The van der Waals surface area contributed by atoms with Crippen LogP contribution < -0.4 is 0 Å². The number of aromatic nitrogens is 3. The molecule has 0 aliphatic rings. The van der Waals surface area contributed by atoms with Gasteiger partial charge in [0, 0.05) is 32.8 Å². The summed E-state index contributed by atoms with van der Waals surface area (Å²) in [6.07, 6.45) is 5.58. The first-order valence-electron chi connectivity index (χ1n) is 7.22. The minimum Gasteiger partial charge on any atom is -0.360 e. The topological polar surface area (TPSA) is 33.6 Å². The first kappa shape index (κ1) is 14.4. The van der Waals surface area contributed by atoms with Gasteiger partial charge in [-0.05, 0) is 58.5 Å². The number of halogens is 2. The van der Waals surface area contributed by atoms with Crippen LogP contribution >= 0.6 is 22.6 Å². The lowest BCUT2D eigenvalue weighted by atomic mass is 10.1. The van der Waals surface area contributed by atoms with Gasteiger partial charge in [-0.2, -0.15) is 0 Å². The summed E-state index contributed by atoms with van der Waals surface area (Å²) in [6, 6.07) is 13.2. The number of imidazole rings is 1. The molecular weight excluding hydrogens is 404 g/mol. The number of rotatable bonds is 3. The fourth-order valence-corrected chi connectivity index (χ4v) is 3.13. The van der Waals surface area contributed by atoms with Crippen LogP contribution in [0.1, 0.15) is 5.56 Å². The van der Waals surface area contributed by atoms with Crippen LogP contribution in [-0.4, -0.2) is 14.5 Å². The average molecular weight is 417 g/mol. The molecule has 0 atom stereocenters. The van der Waals surface area contributed by atoms with Crippen LogP contribution in [0.3, 0.4) is 0 Å². The van der Waals surface area contributed by atoms with E-state index >= 15 is 0 Å². The van der Waals surface area contributed by atoms with Crippen molar-refractivity contribution in [2.24, 2.45) is 0 Å². The van der Waals surface area contributed by atoms with Gasteiger partial charge in [-0.15, -0.1) is 0 Å². The number of nitrogens with one attached hydrogen (secondary N) is 1. The molecule has 2 heterocycles. The highest BCUT2D eigenvalue weighted by Crippen LogP contribution is 2.29. The van der Waals surface area contributed by atoms with Crippen molar-refractivity contribution < 1.29 is 4.39 Å². The number of hydrogen-bond donors (Lipinski definition) is 1. The third-order valence-electron chi connectivity index (χ3n) is 3.90. The van der Waals surface area contributed by atoms with Crippen LogP contribution in [0.5, 0.6) is 0 Å². The Kier molecular flexibility index (Phi) is 3.65. The summed E-state index contributed by atoms with van der Waals surface area (Å²) in [4.78, 5) is 7.42. The van der Waals surface area contributed by atoms with Crippen LogP contribution in [0.25, 0.3) is 22.2 Å². The Morgan fingerprint density at radius 1 is 1.13 bits per heavy atom. The molecule has 0 saturated carbocycles. The molecule has 114 valence electrons. The van der Waals surface area contributed by atoms with Crippen LogP contribution in [0.4, 0.5) is 4.39 Å². The first-order chi connectivity index (χ1) is 11.2. The van der Waals surface area contributed by atoms with Crippen LogP contribution in [0, 0.1) is 9.39 Å². The smallest absolute Gasteiger partial charge is 0.125 e. The normalized spacial score (nSPS) is 11.2. The minimum atomic E-state index is -0.238. The highest BCUT2D eigenvalue weighted by atomic mass is 127. The molecule has 5 heteroatoms. The summed E-state index contributed by atoms with van der Waals surface area (Å²) >= 11 is 2.30. The average Bonchev–Trinajstić information content (AvgIpc) is 3.15. The van der Waals surface area contributed by atoms with Gasteiger partial charge in [-0.1, -0.05) is 12.1 Å². The molecule has 0 unspecified atom stereocenters. The molecule has 23 heavy (non-hydrogen) atoms. The Labute approximate surface area is 146 Å². The third-order valence-corrected chi connectivity index (χ3v) is 4.62. The van der Waals surface area contributed by atoms with Gasteiger partial charge in [0.1, 0.15) is 5.82 Å². The predicted molar refractivity (Wildman–Crippen MR) is 97.7 cm³/mol. The zero-order valence-corrected chi connectivity index (χ0v) is 14.3.